The van der Waals surface area contributed by atoms with Crippen molar-refractivity contribution in [2.75, 3.05) is 0 Å². The van der Waals surface area contributed by atoms with Gasteiger partial charge in [0.2, 0.25) is 5.28 Å². The molecule has 0 N–H and O–H groups in total. The van der Waals surface area contributed by atoms with Gasteiger partial charge in [-0.1, -0.05) is 25.4 Å². The quantitative estimate of drug-likeness (QED) is 0.547. The van der Waals surface area contributed by atoms with Crippen LogP contribution >= 0.6 is 23.2 Å². The molecule has 66 valence electrons. The van der Waals surface area contributed by atoms with Gasteiger partial charge in [-0.3, -0.25) is 0 Å². The van der Waals surface area contributed by atoms with Crippen LogP contribution in [0.5, 0.6) is 0 Å². The second kappa shape index (κ2) is 4.06. The summed E-state index contributed by atoms with van der Waals surface area (Å²) in [6, 6.07) is 1.74. The lowest BCUT2D eigenvalue weighted by atomic mass is 10.1. The molecular weight excluding hydrogens is 195 g/mol. The Hall–Kier alpha value is -0.340. The summed E-state index contributed by atoms with van der Waals surface area (Å²) in [4.78, 5) is 7.81. The summed E-state index contributed by atoms with van der Waals surface area (Å²) in [5.74, 6) is 0.548. The smallest absolute Gasteiger partial charge is 0.223 e. The average molecular weight is 205 g/mol. The van der Waals surface area contributed by atoms with E-state index in [1.165, 1.54) is 0 Å². The zero-order chi connectivity index (χ0) is 9.14. The second-order valence-electron chi connectivity index (χ2n) is 3.05. The van der Waals surface area contributed by atoms with Gasteiger partial charge in [-0.15, -0.1) is 0 Å². The summed E-state index contributed by atoms with van der Waals surface area (Å²) >= 11 is 11.3. The molecule has 12 heavy (non-hydrogen) atoms. The first kappa shape index (κ1) is 9.75. The number of nitrogens with zero attached hydrogens (tertiary/aromatic N) is 2. The maximum absolute atomic E-state index is 5.70. The number of aromatic nitrogens is 2. The third kappa shape index (κ3) is 2.95. The molecule has 0 aliphatic rings. The summed E-state index contributed by atoms with van der Waals surface area (Å²) in [6.45, 7) is 4.23. The Labute approximate surface area is 81.9 Å². The lowest BCUT2D eigenvalue weighted by Gasteiger charge is -2.03. The summed E-state index contributed by atoms with van der Waals surface area (Å²) < 4.78 is 0. The molecule has 2 nitrogen and oxygen atoms in total. The van der Waals surface area contributed by atoms with Crippen LogP contribution < -0.4 is 0 Å². The van der Waals surface area contributed by atoms with E-state index in [-0.39, 0.29) is 5.28 Å². The number of hydrogen-bond donors (Lipinski definition) is 0. The molecule has 0 unspecified atom stereocenters. The first-order chi connectivity index (χ1) is 5.58. The predicted octanol–water partition coefficient (Wildman–Crippen LogP) is 2.98. The molecule has 1 heterocycles. The normalized spacial score (nSPS) is 10.8. The second-order valence-corrected chi connectivity index (χ2v) is 3.77. The first-order valence-electron chi connectivity index (χ1n) is 3.77. The zero-order valence-electron chi connectivity index (χ0n) is 7.01. The van der Waals surface area contributed by atoms with Crippen molar-refractivity contribution < 1.29 is 0 Å². The largest absolute Gasteiger partial charge is 0.224 e. The molecule has 0 fully saturated rings. The van der Waals surface area contributed by atoms with E-state index in [0.717, 1.165) is 12.1 Å². The third-order valence-electron chi connectivity index (χ3n) is 1.34. The Morgan fingerprint density at radius 2 is 2.00 bits per heavy atom. The molecule has 0 saturated heterocycles. The third-order valence-corrected chi connectivity index (χ3v) is 1.70. The summed E-state index contributed by atoms with van der Waals surface area (Å²) in [5.41, 5.74) is 0.898. The van der Waals surface area contributed by atoms with Crippen LogP contribution in [0.4, 0.5) is 0 Å². The van der Waals surface area contributed by atoms with Crippen molar-refractivity contribution in [1.82, 2.24) is 9.97 Å². The van der Waals surface area contributed by atoms with Gasteiger partial charge in [0.1, 0.15) is 5.15 Å². The van der Waals surface area contributed by atoms with Crippen LogP contribution in [0.3, 0.4) is 0 Å². The Morgan fingerprint density at radius 1 is 1.33 bits per heavy atom. The van der Waals surface area contributed by atoms with Crippen LogP contribution in [0, 0.1) is 5.92 Å². The van der Waals surface area contributed by atoms with Crippen LogP contribution in [0.25, 0.3) is 0 Å². The average Bonchev–Trinajstić information content (AvgIpc) is 1.81. The topological polar surface area (TPSA) is 25.8 Å². The minimum absolute atomic E-state index is 0.221. The molecule has 0 spiro atoms. The minimum Gasteiger partial charge on any atom is -0.223 e. The molecule has 0 radical (unpaired) electrons. The van der Waals surface area contributed by atoms with Crippen molar-refractivity contribution in [2.45, 2.75) is 20.3 Å². The maximum Gasteiger partial charge on any atom is 0.224 e. The highest BCUT2D eigenvalue weighted by atomic mass is 35.5. The van der Waals surface area contributed by atoms with E-state index in [0.29, 0.717) is 11.1 Å². The lowest BCUT2D eigenvalue weighted by molar-refractivity contribution is 0.634. The van der Waals surface area contributed by atoms with Gasteiger partial charge in [0.15, 0.2) is 0 Å². The van der Waals surface area contributed by atoms with Gasteiger partial charge in [-0.25, -0.2) is 9.97 Å². The molecule has 0 saturated carbocycles. The number of hydrogen-bond acceptors (Lipinski definition) is 2. The molecular formula is C8H10Cl2N2. The van der Waals surface area contributed by atoms with E-state index in [1.54, 1.807) is 6.07 Å². The molecule has 1 aromatic rings. The van der Waals surface area contributed by atoms with Crippen LogP contribution in [-0.2, 0) is 6.42 Å². The van der Waals surface area contributed by atoms with Crippen molar-refractivity contribution in [2.24, 2.45) is 5.92 Å². The standard InChI is InChI=1S/C8H10Cl2N2/c1-5(2)3-6-4-7(9)12-8(10)11-6/h4-5H,3H2,1-2H3. The van der Waals surface area contributed by atoms with Gasteiger partial charge in [-0.05, 0) is 30.0 Å². The zero-order valence-corrected chi connectivity index (χ0v) is 8.52. The molecule has 0 aliphatic heterocycles. The molecule has 1 aromatic heterocycles. The number of rotatable bonds is 2. The molecule has 1 rings (SSSR count). The predicted molar refractivity (Wildman–Crippen MR) is 50.6 cm³/mol. The lowest BCUT2D eigenvalue weighted by Crippen LogP contribution is -1.98. The van der Waals surface area contributed by atoms with E-state index in [2.05, 4.69) is 23.8 Å². The van der Waals surface area contributed by atoms with Gasteiger partial charge < -0.3 is 0 Å². The monoisotopic (exact) mass is 204 g/mol. The fourth-order valence-electron chi connectivity index (χ4n) is 0.957. The number of halogens is 2. The van der Waals surface area contributed by atoms with Gasteiger partial charge in [0.05, 0.1) is 0 Å². The van der Waals surface area contributed by atoms with E-state index >= 15 is 0 Å². The fourth-order valence-corrected chi connectivity index (χ4v) is 1.41. The molecule has 0 aromatic carbocycles. The summed E-state index contributed by atoms with van der Waals surface area (Å²) in [7, 11) is 0. The Morgan fingerprint density at radius 3 is 2.50 bits per heavy atom. The van der Waals surface area contributed by atoms with Crippen LogP contribution in [0.2, 0.25) is 10.4 Å². The van der Waals surface area contributed by atoms with Crippen LogP contribution in [0.15, 0.2) is 6.07 Å². The molecule has 0 amide bonds. The summed E-state index contributed by atoms with van der Waals surface area (Å²) in [6.07, 6.45) is 0.877. The van der Waals surface area contributed by atoms with Crippen molar-refractivity contribution in [3.05, 3.63) is 22.2 Å². The van der Waals surface area contributed by atoms with Gasteiger partial charge >= 0.3 is 0 Å². The van der Waals surface area contributed by atoms with Crippen molar-refractivity contribution >= 4 is 23.2 Å². The van der Waals surface area contributed by atoms with Gasteiger partial charge in [0, 0.05) is 5.69 Å². The molecule has 0 aliphatic carbocycles. The Bertz CT molecular complexity index is 254. The Balaban J connectivity index is 2.85. The van der Waals surface area contributed by atoms with Crippen molar-refractivity contribution in [3.8, 4) is 0 Å². The van der Waals surface area contributed by atoms with E-state index < -0.39 is 0 Å². The minimum atomic E-state index is 0.221. The van der Waals surface area contributed by atoms with E-state index in [1.807, 2.05) is 0 Å². The van der Waals surface area contributed by atoms with E-state index in [4.69, 9.17) is 23.2 Å². The highest BCUT2D eigenvalue weighted by molar-refractivity contribution is 6.31. The highest BCUT2D eigenvalue weighted by Crippen LogP contribution is 2.13. The Kier molecular flexibility index (Phi) is 3.29. The molecule has 0 atom stereocenters. The van der Waals surface area contributed by atoms with Gasteiger partial charge in [-0.2, -0.15) is 0 Å². The highest BCUT2D eigenvalue weighted by Gasteiger charge is 2.03. The molecule has 4 heteroatoms. The van der Waals surface area contributed by atoms with Crippen LogP contribution in [-0.4, -0.2) is 9.97 Å². The first-order valence-corrected chi connectivity index (χ1v) is 4.52. The SMILES string of the molecule is CC(C)Cc1cc(Cl)nc(Cl)n1. The van der Waals surface area contributed by atoms with Crippen LogP contribution in [0.1, 0.15) is 19.5 Å². The van der Waals surface area contributed by atoms with Crippen molar-refractivity contribution in [1.29, 1.82) is 0 Å². The van der Waals surface area contributed by atoms with Crippen molar-refractivity contribution in [3.63, 3.8) is 0 Å². The fraction of sp³-hybridized carbons (Fsp3) is 0.500. The van der Waals surface area contributed by atoms with E-state index in [9.17, 15) is 0 Å². The van der Waals surface area contributed by atoms with Gasteiger partial charge in [0.25, 0.3) is 0 Å². The maximum atomic E-state index is 5.70. The molecule has 0 bridgehead atoms. The summed E-state index contributed by atoms with van der Waals surface area (Å²) in [5, 5.41) is 0.629.